The Hall–Kier alpha value is -2.81. The molecule has 9 heteroatoms. The minimum Gasteiger partial charge on any atom is -0.453 e. The van der Waals surface area contributed by atoms with Gasteiger partial charge in [0.05, 0.1) is 12.2 Å². The third-order valence-electron chi connectivity index (χ3n) is 4.72. The summed E-state index contributed by atoms with van der Waals surface area (Å²) in [4.78, 5) is 18.7. The summed E-state index contributed by atoms with van der Waals surface area (Å²) in [6.45, 7) is 4.21. The molecule has 1 saturated heterocycles. The van der Waals surface area contributed by atoms with Crippen LogP contribution in [0, 0.1) is 0 Å². The fourth-order valence-corrected chi connectivity index (χ4v) is 2.86. The lowest BCUT2D eigenvalue weighted by Crippen LogP contribution is -2.46. The predicted octanol–water partition coefficient (Wildman–Crippen LogP) is 3.60. The maximum absolute atomic E-state index is 12.7. The first kappa shape index (κ1) is 20.9. The van der Waals surface area contributed by atoms with Gasteiger partial charge in [0.15, 0.2) is 11.6 Å². The topological polar surface area (TPSA) is 74.7 Å². The van der Waals surface area contributed by atoms with E-state index in [0.29, 0.717) is 11.6 Å². The molecule has 1 aliphatic rings. The molecule has 2 N–H and O–H groups in total. The molecule has 0 saturated carbocycles. The smallest absolute Gasteiger partial charge is 0.416 e. The molecule has 0 spiro atoms. The van der Waals surface area contributed by atoms with Crippen LogP contribution in [0.3, 0.4) is 0 Å². The number of amides is 1. The number of carbonyl (C=O) groups excluding carboxylic acids is 1. The molecule has 29 heavy (non-hydrogen) atoms. The zero-order valence-corrected chi connectivity index (χ0v) is 16.0. The van der Waals surface area contributed by atoms with Gasteiger partial charge in [-0.2, -0.15) is 13.2 Å². The van der Waals surface area contributed by atoms with Gasteiger partial charge in [-0.1, -0.05) is 0 Å². The van der Waals surface area contributed by atoms with Crippen LogP contribution in [0.1, 0.15) is 36.3 Å². The van der Waals surface area contributed by atoms with Gasteiger partial charge in [-0.15, -0.1) is 0 Å². The van der Waals surface area contributed by atoms with E-state index in [1.165, 1.54) is 18.2 Å². The minimum absolute atomic E-state index is 0.166. The molecule has 0 aliphatic carbocycles. The van der Waals surface area contributed by atoms with Gasteiger partial charge < -0.3 is 20.1 Å². The first-order chi connectivity index (χ1) is 13.7. The molecule has 0 bridgehead atoms. The highest BCUT2D eigenvalue weighted by molar-refractivity contribution is 5.93. The summed E-state index contributed by atoms with van der Waals surface area (Å²) in [6.07, 6.45) is -3.46. The first-order valence-corrected chi connectivity index (χ1v) is 9.23. The lowest BCUT2D eigenvalue weighted by atomic mass is 10.1. The Labute approximate surface area is 166 Å². The van der Waals surface area contributed by atoms with Gasteiger partial charge in [0.2, 0.25) is 0 Å². The molecule has 1 aromatic carbocycles. The van der Waals surface area contributed by atoms with Crippen LogP contribution in [-0.4, -0.2) is 41.2 Å². The Morgan fingerprint density at radius 1 is 1.31 bits per heavy atom. The molecule has 3 rings (SSSR count). The van der Waals surface area contributed by atoms with Crippen molar-refractivity contribution in [1.29, 1.82) is 0 Å². The van der Waals surface area contributed by atoms with Gasteiger partial charge in [-0.3, -0.25) is 4.79 Å². The summed E-state index contributed by atoms with van der Waals surface area (Å²) in [5.41, 5.74) is -0.594. The van der Waals surface area contributed by atoms with Gasteiger partial charge in [0.1, 0.15) is 11.4 Å². The number of nitrogens with one attached hydrogen (secondary N) is 1. The Morgan fingerprint density at radius 2 is 2.00 bits per heavy atom. The number of aromatic nitrogens is 1. The van der Waals surface area contributed by atoms with Crippen molar-refractivity contribution < 1.29 is 27.8 Å². The molecule has 1 fully saturated rings. The number of anilines is 1. The van der Waals surface area contributed by atoms with E-state index >= 15 is 0 Å². The summed E-state index contributed by atoms with van der Waals surface area (Å²) in [5.74, 6) is 0.610. The normalized spacial score (nSPS) is 17.4. The number of rotatable bonds is 6. The molecular formula is C20H22F3N3O3. The van der Waals surface area contributed by atoms with Crippen molar-refractivity contribution in [3.8, 4) is 11.5 Å². The van der Waals surface area contributed by atoms with Crippen molar-refractivity contribution >= 4 is 11.7 Å². The van der Waals surface area contributed by atoms with Crippen LogP contribution in [0.5, 0.6) is 11.5 Å². The minimum atomic E-state index is -4.42. The van der Waals surface area contributed by atoms with Crippen LogP contribution in [0.25, 0.3) is 0 Å². The molecular weight excluding hydrogens is 387 g/mol. The summed E-state index contributed by atoms with van der Waals surface area (Å²) < 4.78 is 44.0. The van der Waals surface area contributed by atoms with E-state index in [-0.39, 0.29) is 24.1 Å². The molecule has 0 unspecified atom stereocenters. The Balaban J connectivity index is 1.86. The second kappa shape index (κ2) is 8.28. The van der Waals surface area contributed by atoms with E-state index in [1.807, 2.05) is 11.8 Å². The van der Waals surface area contributed by atoms with Crippen molar-refractivity contribution in [1.82, 2.24) is 10.3 Å². The number of ether oxygens (including phenoxy) is 1. The van der Waals surface area contributed by atoms with Gasteiger partial charge in [-0.25, -0.2) is 4.98 Å². The van der Waals surface area contributed by atoms with E-state index in [0.717, 1.165) is 25.1 Å². The highest BCUT2D eigenvalue weighted by atomic mass is 19.4. The fraction of sp³-hybridized carbons (Fsp3) is 0.400. The zero-order chi connectivity index (χ0) is 21.2. The van der Waals surface area contributed by atoms with E-state index in [9.17, 15) is 18.0 Å². The maximum Gasteiger partial charge on any atom is 0.416 e. The quantitative estimate of drug-likeness (QED) is 0.763. The predicted molar refractivity (Wildman–Crippen MR) is 101 cm³/mol. The summed E-state index contributed by atoms with van der Waals surface area (Å²) in [5, 5.41) is 11.7. The van der Waals surface area contributed by atoms with Crippen molar-refractivity contribution in [2.75, 3.05) is 18.1 Å². The molecule has 1 aromatic heterocycles. The average molecular weight is 409 g/mol. The number of alkyl halides is 3. The van der Waals surface area contributed by atoms with E-state index < -0.39 is 23.7 Å². The van der Waals surface area contributed by atoms with Crippen LogP contribution >= 0.6 is 0 Å². The Kier molecular flexibility index (Phi) is 5.97. The van der Waals surface area contributed by atoms with Crippen LogP contribution in [0.15, 0.2) is 36.4 Å². The Morgan fingerprint density at radius 3 is 2.52 bits per heavy atom. The van der Waals surface area contributed by atoms with Crippen LogP contribution in [0.2, 0.25) is 0 Å². The Bertz CT molecular complexity index is 872. The van der Waals surface area contributed by atoms with Gasteiger partial charge in [0.25, 0.3) is 5.91 Å². The average Bonchev–Trinajstić information content (AvgIpc) is 2.67. The second-order valence-electron chi connectivity index (χ2n) is 7.03. The number of aliphatic hydroxyl groups excluding tert-OH is 1. The number of carbonyl (C=O) groups is 1. The molecule has 2 atom stereocenters. The third kappa shape index (κ3) is 4.79. The second-order valence-corrected chi connectivity index (χ2v) is 7.03. The summed E-state index contributed by atoms with van der Waals surface area (Å²) in [6, 6.07) is 7.23. The number of hydrogen-bond donors (Lipinski definition) is 2. The molecule has 1 amide bonds. The zero-order valence-electron chi connectivity index (χ0n) is 16.0. The van der Waals surface area contributed by atoms with Crippen LogP contribution in [0.4, 0.5) is 19.0 Å². The van der Waals surface area contributed by atoms with Gasteiger partial charge in [-0.05, 0) is 56.7 Å². The number of aliphatic hydroxyl groups is 1. The van der Waals surface area contributed by atoms with Crippen molar-refractivity contribution in [3.05, 3.63) is 47.7 Å². The van der Waals surface area contributed by atoms with Crippen LogP contribution < -0.4 is 15.0 Å². The SMILES string of the molecule is C[C@H](CO)NC(=O)c1ccc(Oc2ccc(C(F)(F)F)cc2)c(N2CC[C@@H]2C)n1. The number of halogens is 3. The van der Waals surface area contributed by atoms with Crippen LogP contribution in [-0.2, 0) is 6.18 Å². The van der Waals surface area contributed by atoms with Gasteiger partial charge >= 0.3 is 6.18 Å². The molecule has 0 radical (unpaired) electrons. The van der Waals surface area contributed by atoms with E-state index in [4.69, 9.17) is 9.84 Å². The summed E-state index contributed by atoms with van der Waals surface area (Å²) in [7, 11) is 0. The molecule has 2 heterocycles. The maximum atomic E-state index is 12.7. The van der Waals surface area contributed by atoms with Crippen molar-refractivity contribution in [2.45, 2.75) is 38.5 Å². The largest absolute Gasteiger partial charge is 0.453 e. The lowest BCUT2D eigenvalue weighted by Gasteiger charge is -2.40. The van der Waals surface area contributed by atoms with Gasteiger partial charge in [0, 0.05) is 18.6 Å². The fourth-order valence-electron chi connectivity index (χ4n) is 2.86. The van der Waals surface area contributed by atoms with E-state index in [2.05, 4.69) is 10.3 Å². The first-order valence-electron chi connectivity index (χ1n) is 9.23. The van der Waals surface area contributed by atoms with E-state index in [1.54, 1.807) is 13.0 Å². The van der Waals surface area contributed by atoms with Crippen molar-refractivity contribution in [3.63, 3.8) is 0 Å². The molecule has 1 aliphatic heterocycles. The highest BCUT2D eigenvalue weighted by Crippen LogP contribution is 2.37. The molecule has 6 nitrogen and oxygen atoms in total. The standard InChI is InChI=1S/C20H22F3N3O3/c1-12(11-27)24-19(28)16-7-8-17(18(25-16)26-10-9-13(26)2)29-15-5-3-14(4-6-15)20(21,22)23/h3-8,12-13,27H,9-11H2,1-2H3,(H,24,28)/t12-,13+/m1/s1. The number of nitrogens with zero attached hydrogens (tertiary/aromatic N) is 2. The lowest BCUT2D eigenvalue weighted by molar-refractivity contribution is -0.137. The number of hydrogen-bond acceptors (Lipinski definition) is 5. The number of pyridine rings is 1. The number of benzene rings is 1. The summed E-state index contributed by atoms with van der Waals surface area (Å²) >= 11 is 0. The van der Waals surface area contributed by atoms with Crippen molar-refractivity contribution in [2.24, 2.45) is 0 Å². The highest BCUT2D eigenvalue weighted by Gasteiger charge is 2.31. The molecule has 156 valence electrons. The monoisotopic (exact) mass is 409 g/mol. The molecule has 2 aromatic rings. The third-order valence-corrected chi connectivity index (χ3v) is 4.72.